The second-order valence-electron chi connectivity index (χ2n) is 17.0. The maximum absolute atomic E-state index is 13.5. The Bertz CT molecular complexity index is 2320. The van der Waals surface area contributed by atoms with E-state index in [0.717, 1.165) is 87.0 Å². The molecule has 0 aliphatic carbocycles. The van der Waals surface area contributed by atoms with Crippen LogP contribution in [0.15, 0.2) is 60.9 Å². The summed E-state index contributed by atoms with van der Waals surface area (Å²) >= 11 is 0. The summed E-state index contributed by atoms with van der Waals surface area (Å²) in [4.78, 5) is 83.8. The number of aromatic nitrogens is 3. The van der Waals surface area contributed by atoms with Crippen molar-refractivity contribution in [3.63, 3.8) is 0 Å². The van der Waals surface area contributed by atoms with E-state index in [0.29, 0.717) is 62.9 Å². The van der Waals surface area contributed by atoms with Gasteiger partial charge in [0.25, 0.3) is 5.91 Å². The van der Waals surface area contributed by atoms with Crippen LogP contribution in [-0.2, 0) is 9.59 Å². The van der Waals surface area contributed by atoms with Crippen LogP contribution in [0.4, 0.5) is 32.6 Å². The second kappa shape index (κ2) is 17.0. The van der Waals surface area contributed by atoms with Gasteiger partial charge in [0.2, 0.25) is 11.8 Å². The molecule has 5 aliphatic heterocycles. The van der Waals surface area contributed by atoms with Crippen LogP contribution in [0.3, 0.4) is 0 Å². The quantitative estimate of drug-likeness (QED) is 0.210. The molecular formula is C44H54N12O5. The lowest BCUT2D eigenvalue weighted by atomic mass is 9.89. The fourth-order valence-corrected chi connectivity index (χ4v) is 9.83. The Morgan fingerprint density at radius 1 is 0.869 bits per heavy atom. The van der Waals surface area contributed by atoms with Crippen LogP contribution in [0, 0.1) is 0 Å². The fraction of sp³-hybridized carbons (Fsp3) is 0.477. The zero-order chi connectivity index (χ0) is 42.2. The third kappa shape index (κ3) is 8.30. The highest BCUT2D eigenvalue weighted by molar-refractivity contribution is 6.09. The van der Waals surface area contributed by atoms with Crippen molar-refractivity contribution in [2.24, 2.45) is 5.73 Å². The first-order valence-electron chi connectivity index (χ1n) is 21.6. The lowest BCUT2D eigenvalue weighted by molar-refractivity contribution is -0.133. The van der Waals surface area contributed by atoms with Gasteiger partial charge >= 0.3 is 12.1 Å². The highest BCUT2D eigenvalue weighted by Crippen LogP contribution is 2.35. The zero-order valence-electron chi connectivity index (χ0n) is 34.7. The second-order valence-corrected chi connectivity index (χ2v) is 17.0. The fourth-order valence-electron chi connectivity index (χ4n) is 9.83. The van der Waals surface area contributed by atoms with Crippen LogP contribution in [0.1, 0.15) is 73.0 Å². The first-order valence-corrected chi connectivity index (χ1v) is 21.6. The molecule has 2 aromatic carbocycles. The molecule has 0 unspecified atom stereocenters. The number of likely N-dealkylation sites (tertiary alicyclic amines) is 2. The number of hydrogen-bond acceptors (Lipinski definition) is 10. The van der Waals surface area contributed by atoms with Gasteiger partial charge in [0.1, 0.15) is 5.82 Å². The number of nitrogens with two attached hydrogens (primary N) is 1. The number of piperidine rings is 3. The first kappa shape index (κ1) is 40.2. The Hall–Kier alpha value is -6.23. The third-order valence-corrected chi connectivity index (χ3v) is 13.3. The van der Waals surface area contributed by atoms with Crippen molar-refractivity contribution in [3.8, 4) is 0 Å². The highest BCUT2D eigenvalue weighted by Gasteiger charge is 2.35. The van der Waals surface area contributed by atoms with E-state index in [1.165, 1.54) is 5.56 Å². The number of nitrogens with zero attached hydrogens (tertiary/aromatic N) is 9. The summed E-state index contributed by atoms with van der Waals surface area (Å²) < 4.78 is 2.30. The molecule has 320 valence electrons. The summed E-state index contributed by atoms with van der Waals surface area (Å²) in [5.74, 6) is 0.523. The Balaban J connectivity index is 0.759. The summed E-state index contributed by atoms with van der Waals surface area (Å²) in [6, 6.07) is 16.2. The van der Waals surface area contributed by atoms with E-state index < -0.39 is 5.91 Å². The van der Waals surface area contributed by atoms with E-state index in [2.05, 4.69) is 60.4 Å². The van der Waals surface area contributed by atoms with Gasteiger partial charge in [-0.1, -0.05) is 18.2 Å². The van der Waals surface area contributed by atoms with Crippen LogP contribution in [0.5, 0.6) is 0 Å². The smallest absolute Gasteiger partial charge is 0.328 e. The Morgan fingerprint density at radius 2 is 1.66 bits per heavy atom. The number of rotatable bonds is 10. The van der Waals surface area contributed by atoms with Gasteiger partial charge in [-0.05, 0) is 80.3 Å². The molecule has 9 rings (SSSR count). The van der Waals surface area contributed by atoms with E-state index in [1.54, 1.807) is 16.0 Å². The SMILES string of the molecule is CN1CCN([C@@H]2CCCN(c3cnc(C(N)=O)c(Nc4ccc(C5CCN(C(=O)CN6CCC(n7ccc8c(N9CCC(=O)NC9=O)cccc87)CC6)CC5)cc4)n3)C2)C1=O. The summed E-state index contributed by atoms with van der Waals surface area (Å²) in [5.41, 5.74) is 9.62. The molecule has 0 saturated carbocycles. The summed E-state index contributed by atoms with van der Waals surface area (Å²) in [6.07, 6.45) is 9.43. The molecule has 0 spiro atoms. The van der Waals surface area contributed by atoms with E-state index in [-0.39, 0.29) is 42.0 Å². The molecule has 1 atom stereocenters. The number of anilines is 4. The van der Waals surface area contributed by atoms with Crippen molar-refractivity contribution in [2.45, 2.75) is 62.9 Å². The minimum absolute atomic E-state index is 0.0590. The van der Waals surface area contributed by atoms with Crippen LogP contribution >= 0.6 is 0 Å². The maximum Gasteiger partial charge on any atom is 0.328 e. The van der Waals surface area contributed by atoms with E-state index in [9.17, 15) is 24.0 Å². The number of nitrogens with one attached hydrogen (secondary N) is 2. The maximum atomic E-state index is 13.5. The monoisotopic (exact) mass is 830 g/mol. The molecule has 7 amide bonds. The number of fused-ring (bicyclic) bond motifs is 1. The van der Waals surface area contributed by atoms with Gasteiger partial charge in [-0.25, -0.2) is 19.6 Å². The molecule has 5 saturated heterocycles. The van der Waals surface area contributed by atoms with Crippen molar-refractivity contribution >= 4 is 63.7 Å². The molecule has 4 N–H and O–H groups in total. The molecular weight excluding hydrogens is 777 g/mol. The molecule has 4 aromatic rings. The van der Waals surface area contributed by atoms with Gasteiger partial charge in [-0.3, -0.25) is 29.5 Å². The number of likely N-dealkylation sites (N-methyl/N-ethyl adjacent to an activating group) is 1. The Morgan fingerprint density at radius 3 is 2.38 bits per heavy atom. The molecule has 17 heteroatoms. The van der Waals surface area contributed by atoms with Gasteiger partial charge in [0.05, 0.1) is 30.0 Å². The molecule has 5 fully saturated rings. The summed E-state index contributed by atoms with van der Waals surface area (Å²) in [7, 11) is 1.83. The van der Waals surface area contributed by atoms with Crippen molar-refractivity contribution in [2.75, 3.05) is 87.6 Å². The average Bonchev–Trinajstić information content (AvgIpc) is 3.86. The van der Waals surface area contributed by atoms with Gasteiger partial charge in [-0.2, -0.15) is 0 Å². The average molecular weight is 831 g/mol. The predicted octanol–water partition coefficient (Wildman–Crippen LogP) is 4.10. The van der Waals surface area contributed by atoms with Crippen molar-refractivity contribution in [3.05, 3.63) is 72.2 Å². The van der Waals surface area contributed by atoms with E-state index in [1.807, 2.05) is 41.1 Å². The number of amides is 7. The zero-order valence-corrected chi connectivity index (χ0v) is 34.7. The molecule has 17 nitrogen and oxygen atoms in total. The van der Waals surface area contributed by atoms with Gasteiger partial charge in [-0.15, -0.1) is 0 Å². The van der Waals surface area contributed by atoms with Gasteiger partial charge in [0, 0.05) is 95.7 Å². The van der Waals surface area contributed by atoms with Crippen LogP contribution < -0.4 is 26.2 Å². The molecule has 61 heavy (non-hydrogen) atoms. The van der Waals surface area contributed by atoms with Gasteiger partial charge < -0.3 is 35.2 Å². The van der Waals surface area contributed by atoms with Crippen molar-refractivity contribution in [1.29, 1.82) is 0 Å². The molecule has 5 aliphatic rings. The Labute approximate surface area is 354 Å². The predicted molar refractivity (Wildman–Crippen MR) is 231 cm³/mol. The van der Waals surface area contributed by atoms with Crippen LogP contribution in [0.25, 0.3) is 10.9 Å². The summed E-state index contributed by atoms with van der Waals surface area (Å²) in [6.45, 7) is 6.74. The highest BCUT2D eigenvalue weighted by atomic mass is 16.2. The number of imide groups is 1. The number of carbonyl (C=O) groups is 5. The Kier molecular flexibility index (Phi) is 11.2. The number of urea groups is 2. The van der Waals surface area contributed by atoms with Crippen LogP contribution in [0.2, 0.25) is 0 Å². The van der Waals surface area contributed by atoms with Gasteiger partial charge in [0.15, 0.2) is 11.5 Å². The number of carbonyl (C=O) groups excluding carboxylic acids is 5. The van der Waals surface area contributed by atoms with Crippen molar-refractivity contribution < 1.29 is 24.0 Å². The lowest BCUT2D eigenvalue weighted by Crippen LogP contribution is -2.49. The lowest BCUT2D eigenvalue weighted by Gasteiger charge is -2.37. The number of hydrogen-bond donors (Lipinski definition) is 3. The molecule has 2 aromatic heterocycles. The summed E-state index contributed by atoms with van der Waals surface area (Å²) in [5, 5.41) is 6.70. The number of benzene rings is 2. The minimum Gasteiger partial charge on any atom is -0.364 e. The van der Waals surface area contributed by atoms with E-state index in [4.69, 9.17) is 10.7 Å². The largest absolute Gasteiger partial charge is 0.364 e. The van der Waals surface area contributed by atoms with E-state index >= 15 is 0 Å². The normalized spacial score (nSPS) is 21.1. The third-order valence-electron chi connectivity index (χ3n) is 13.3. The number of primary amides is 1. The molecule has 7 heterocycles. The molecule has 0 radical (unpaired) electrons. The molecule has 0 bridgehead atoms. The topological polar surface area (TPSA) is 186 Å². The van der Waals surface area contributed by atoms with Crippen LogP contribution in [-0.4, -0.2) is 142 Å². The minimum atomic E-state index is -0.668. The first-order chi connectivity index (χ1) is 29.6. The standard InChI is InChI=1S/C44H54N12O5/c1-50-24-25-55(44(50)61)33-4-3-17-53(27-33)37-26-46-40(41(45)59)42(48-37)47-31-9-7-29(8-10-31)30-11-20-52(21-12-30)39(58)28-51-18-13-32(14-19-51)54-22-15-34-35(54)5-2-6-36(34)56-23-16-38(57)49-43(56)60/h2,5-10,15,22,26,30,32-33H,3-4,11-14,16-21,23-25,27-28H2,1H3,(H2,45,59)(H,47,48)(H,49,57,60)/t33-/m1/s1. The van der Waals surface area contributed by atoms with Crippen molar-refractivity contribution in [1.82, 2.24) is 39.5 Å².